The normalized spacial score (nSPS) is 10.8. The summed E-state index contributed by atoms with van der Waals surface area (Å²) in [6.07, 6.45) is 2.82. The molecule has 3 aromatic rings. The molecule has 5 nitrogen and oxygen atoms in total. The number of aromatic nitrogens is 2. The lowest BCUT2D eigenvalue weighted by Gasteiger charge is -2.08. The summed E-state index contributed by atoms with van der Waals surface area (Å²) >= 11 is 0. The van der Waals surface area contributed by atoms with E-state index in [-0.39, 0.29) is 5.97 Å². The lowest BCUT2D eigenvalue weighted by atomic mass is 10.1. The molecular formula is C18H19N3O2. The van der Waals surface area contributed by atoms with E-state index in [2.05, 4.69) is 11.1 Å². The minimum atomic E-state index is -0.168. The van der Waals surface area contributed by atoms with Crippen LogP contribution in [0.4, 0.5) is 5.69 Å². The highest BCUT2D eigenvalue weighted by Gasteiger charge is 2.07. The van der Waals surface area contributed by atoms with Gasteiger partial charge in [-0.1, -0.05) is 12.1 Å². The van der Waals surface area contributed by atoms with Crippen LogP contribution in [0.15, 0.2) is 48.8 Å². The van der Waals surface area contributed by atoms with Gasteiger partial charge in [0, 0.05) is 17.8 Å². The summed E-state index contributed by atoms with van der Waals surface area (Å²) < 4.78 is 6.97. The molecule has 0 bridgehead atoms. The SMILES string of the molecule is CCOC(=O)CCc1cccc(-n2cnc3ccc(N)cc32)c1. The van der Waals surface area contributed by atoms with Gasteiger partial charge in [-0.2, -0.15) is 0 Å². The molecule has 0 aliphatic rings. The smallest absolute Gasteiger partial charge is 0.306 e. The van der Waals surface area contributed by atoms with E-state index in [1.165, 1.54) is 0 Å². The zero-order chi connectivity index (χ0) is 16.2. The Labute approximate surface area is 134 Å². The number of nitrogens with zero attached hydrogens (tertiary/aromatic N) is 2. The molecule has 3 rings (SSSR count). The molecule has 5 heteroatoms. The van der Waals surface area contributed by atoms with Crippen molar-refractivity contribution in [2.45, 2.75) is 19.8 Å². The second-order valence-corrected chi connectivity index (χ2v) is 5.34. The average molecular weight is 309 g/mol. The third kappa shape index (κ3) is 3.34. The Bertz CT molecular complexity index is 839. The number of carbonyl (C=O) groups excluding carboxylic acids is 1. The summed E-state index contributed by atoms with van der Waals surface area (Å²) in [6.45, 7) is 2.23. The molecular weight excluding hydrogens is 290 g/mol. The number of fused-ring (bicyclic) bond motifs is 1. The van der Waals surface area contributed by atoms with E-state index < -0.39 is 0 Å². The van der Waals surface area contributed by atoms with Gasteiger partial charge in [0.15, 0.2) is 0 Å². The molecule has 0 amide bonds. The van der Waals surface area contributed by atoms with Gasteiger partial charge >= 0.3 is 5.97 Å². The third-order valence-electron chi connectivity index (χ3n) is 3.68. The van der Waals surface area contributed by atoms with Gasteiger partial charge in [0.1, 0.15) is 6.33 Å². The number of imidazole rings is 1. The van der Waals surface area contributed by atoms with Gasteiger partial charge in [0.2, 0.25) is 0 Å². The minimum Gasteiger partial charge on any atom is -0.466 e. The quantitative estimate of drug-likeness (QED) is 0.581. The van der Waals surface area contributed by atoms with Crippen molar-refractivity contribution < 1.29 is 9.53 Å². The highest BCUT2D eigenvalue weighted by atomic mass is 16.5. The van der Waals surface area contributed by atoms with Crippen LogP contribution in [-0.4, -0.2) is 22.1 Å². The molecule has 0 spiro atoms. The number of carbonyl (C=O) groups is 1. The zero-order valence-electron chi connectivity index (χ0n) is 13.0. The van der Waals surface area contributed by atoms with E-state index in [0.717, 1.165) is 22.3 Å². The highest BCUT2D eigenvalue weighted by molar-refractivity contribution is 5.80. The minimum absolute atomic E-state index is 0.168. The van der Waals surface area contributed by atoms with Crippen LogP contribution < -0.4 is 5.73 Å². The van der Waals surface area contributed by atoms with Crippen LogP contribution in [0.5, 0.6) is 0 Å². The topological polar surface area (TPSA) is 70.1 Å². The Balaban J connectivity index is 1.86. The first-order chi connectivity index (χ1) is 11.2. The van der Waals surface area contributed by atoms with Gasteiger partial charge in [0.25, 0.3) is 0 Å². The van der Waals surface area contributed by atoms with Crippen LogP contribution in [0.25, 0.3) is 16.7 Å². The fourth-order valence-corrected chi connectivity index (χ4v) is 2.57. The van der Waals surface area contributed by atoms with Crippen LogP contribution in [0.2, 0.25) is 0 Å². The number of nitrogen functional groups attached to an aromatic ring is 1. The largest absolute Gasteiger partial charge is 0.466 e. The molecule has 0 atom stereocenters. The van der Waals surface area contributed by atoms with Crippen molar-refractivity contribution in [2.24, 2.45) is 0 Å². The Kier molecular flexibility index (Phi) is 4.28. The summed E-state index contributed by atoms with van der Waals surface area (Å²) in [4.78, 5) is 15.9. The molecule has 0 saturated heterocycles. The van der Waals surface area contributed by atoms with E-state index in [4.69, 9.17) is 10.5 Å². The van der Waals surface area contributed by atoms with Gasteiger partial charge in [-0.05, 0) is 49.2 Å². The molecule has 0 fully saturated rings. The first-order valence-corrected chi connectivity index (χ1v) is 7.65. The highest BCUT2D eigenvalue weighted by Crippen LogP contribution is 2.21. The van der Waals surface area contributed by atoms with E-state index in [1.807, 2.05) is 47.9 Å². The zero-order valence-corrected chi connectivity index (χ0v) is 13.0. The average Bonchev–Trinajstić information content (AvgIpc) is 2.96. The number of anilines is 1. The molecule has 0 radical (unpaired) electrons. The number of nitrogens with two attached hydrogens (primary N) is 1. The first-order valence-electron chi connectivity index (χ1n) is 7.65. The first kappa shape index (κ1) is 15.1. The molecule has 118 valence electrons. The summed E-state index contributed by atoms with van der Waals surface area (Å²) in [6, 6.07) is 13.7. The lowest BCUT2D eigenvalue weighted by Crippen LogP contribution is -2.05. The van der Waals surface area contributed by atoms with Gasteiger partial charge in [-0.3, -0.25) is 9.36 Å². The number of rotatable bonds is 5. The Hall–Kier alpha value is -2.82. The second-order valence-electron chi connectivity index (χ2n) is 5.34. The van der Waals surface area contributed by atoms with Crippen molar-refractivity contribution in [3.63, 3.8) is 0 Å². The fraction of sp³-hybridized carbons (Fsp3) is 0.222. The van der Waals surface area contributed by atoms with Crippen molar-refractivity contribution in [3.05, 3.63) is 54.4 Å². The van der Waals surface area contributed by atoms with Crippen LogP contribution in [0.1, 0.15) is 18.9 Å². The summed E-state index contributed by atoms with van der Waals surface area (Å²) in [7, 11) is 0. The molecule has 2 aromatic carbocycles. The maximum atomic E-state index is 11.5. The van der Waals surface area contributed by atoms with Crippen LogP contribution in [0.3, 0.4) is 0 Å². The summed E-state index contributed by atoms with van der Waals surface area (Å²) in [5, 5.41) is 0. The van der Waals surface area contributed by atoms with E-state index in [0.29, 0.717) is 25.1 Å². The van der Waals surface area contributed by atoms with Crippen LogP contribution in [-0.2, 0) is 16.0 Å². The predicted octanol–water partition coefficient (Wildman–Crippen LogP) is 3.10. The molecule has 0 unspecified atom stereocenters. The van der Waals surface area contributed by atoms with E-state index in [1.54, 1.807) is 6.33 Å². The van der Waals surface area contributed by atoms with Gasteiger partial charge in [0.05, 0.1) is 17.6 Å². The maximum absolute atomic E-state index is 11.5. The lowest BCUT2D eigenvalue weighted by molar-refractivity contribution is -0.143. The summed E-state index contributed by atoms with van der Waals surface area (Å²) in [5.74, 6) is -0.168. The third-order valence-corrected chi connectivity index (χ3v) is 3.68. The van der Waals surface area contributed by atoms with Crippen molar-refractivity contribution in [1.29, 1.82) is 0 Å². The second kappa shape index (κ2) is 6.52. The predicted molar refractivity (Wildman–Crippen MR) is 90.4 cm³/mol. The Morgan fingerprint density at radius 3 is 2.96 bits per heavy atom. The summed E-state index contributed by atoms with van der Waals surface area (Å²) in [5.41, 5.74) is 10.5. The molecule has 2 N–H and O–H groups in total. The number of hydrogen-bond donors (Lipinski definition) is 1. The molecule has 1 aromatic heterocycles. The van der Waals surface area contributed by atoms with Crippen molar-refractivity contribution in [3.8, 4) is 5.69 Å². The van der Waals surface area contributed by atoms with Gasteiger partial charge in [-0.15, -0.1) is 0 Å². The van der Waals surface area contributed by atoms with Gasteiger partial charge in [-0.25, -0.2) is 4.98 Å². The van der Waals surface area contributed by atoms with Crippen molar-refractivity contribution >= 4 is 22.7 Å². The maximum Gasteiger partial charge on any atom is 0.306 e. The molecule has 0 aliphatic heterocycles. The number of aryl methyl sites for hydroxylation is 1. The number of esters is 1. The van der Waals surface area contributed by atoms with Crippen molar-refractivity contribution in [1.82, 2.24) is 9.55 Å². The Morgan fingerprint density at radius 2 is 2.13 bits per heavy atom. The van der Waals surface area contributed by atoms with Crippen LogP contribution in [0, 0.1) is 0 Å². The van der Waals surface area contributed by atoms with Gasteiger partial charge < -0.3 is 10.5 Å². The molecule has 0 saturated carbocycles. The van der Waals surface area contributed by atoms with Crippen LogP contribution >= 0.6 is 0 Å². The van der Waals surface area contributed by atoms with E-state index in [9.17, 15) is 4.79 Å². The van der Waals surface area contributed by atoms with E-state index >= 15 is 0 Å². The number of benzene rings is 2. The Morgan fingerprint density at radius 1 is 1.26 bits per heavy atom. The molecule has 23 heavy (non-hydrogen) atoms. The number of ether oxygens (including phenoxy) is 1. The fourth-order valence-electron chi connectivity index (χ4n) is 2.57. The monoisotopic (exact) mass is 309 g/mol. The molecule has 1 heterocycles. The standard InChI is InChI=1S/C18H19N3O2/c1-2-23-18(22)9-6-13-4-3-5-15(10-13)21-12-20-16-8-7-14(19)11-17(16)21/h3-5,7-8,10-12H,2,6,9,19H2,1H3. The number of hydrogen-bond acceptors (Lipinski definition) is 4. The molecule has 0 aliphatic carbocycles. The van der Waals surface area contributed by atoms with Crippen molar-refractivity contribution in [2.75, 3.05) is 12.3 Å².